The van der Waals surface area contributed by atoms with Crippen LogP contribution in [-0.2, 0) is 4.74 Å². The first kappa shape index (κ1) is 16.9. The molecule has 1 aromatic carbocycles. The Morgan fingerprint density at radius 2 is 1.90 bits per heavy atom. The molecule has 0 fully saturated rings. The molecule has 0 saturated carbocycles. The quantitative estimate of drug-likeness (QED) is 0.377. The van der Waals surface area contributed by atoms with Crippen molar-refractivity contribution in [1.29, 1.82) is 0 Å². The van der Waals surface area contributed by atoms with E-state index < -0.39 is 0 Å². The lowest BCUT2D eigenvalue weighted by Gasteiger charge is -2.10. The first-order valence-corrected chi connectivity index (χ1v) is 7.62. The number of aryl methyl sites for hydroxylation is 2. The maximum atomic E-state index is 5.93. The normalized spacial score (nSPS) is 12.0. The number of amidine groups is 1. The number of methoxy groups -OCH3 is 1. The monoisotopic (exact) mass is 296 g/mol. The molecule has 0 unspecified atom stereocenters. The summed E-state index contributed by atoms with van der Waals surface area (Å²) in [5.74, 6) is 1.90. The van der Waals surface area contributed by atoms with Crippen LogP contribution in [0, 0.1) is 19.8 Å². The van der Waals surface area contributed by atoms with Gasteiger partial charge in [0.15, 0.2) is 5.17 Å². The number of ether oxygens (including phenoxy) is 2. The van der Waals surface area contributed by atoms with Gasteiger partial charge in [0.05, 0.1) is 25.3 Å². The number of aliphatic imine (C=N–C) groups is 1. The lowest BCUT2D eigenvalue weighted by molar-refractivity contribution is 0.153. The average Bonchev–Trinajstić information content (AvgIpc) is 2.38. The Balaban J connectivity index is 2.68. The summed E-state index contributed by atoms with van der Waals surface area (Å²) in [6.45, 7) is 8.97. The third-order valence-corrected chi connectivity index (χ3v) is 3.34. The second-order valence-electron chi connectivity index (χ2n) is 5.09. The molecule has 0 atom stereocenters. The summed E-state index contributed by atoms with van der Waals surface area (Å²) in [7, 11) is 1.66. The zero-order valence-electron chi connectivity index (χ0n) is 12.9. The molecule has 5 heteroatoms. The number of thioether (sulfide) groups is 1. The molecule has 1 rings (SSSR count). The number of hydrogen-bond acceptors (Lipinski definition) is 4. The molecule has 0 amide bonds. The molecule has 4 nitrogen and oxygen atoms in total. The summed E-state index contributed by atoms with van der Waals surface area (Å²) >= 11 is 1.41. The van der Waals surface area contributed by atoms with Crippen molar-refractivity contribution in [3.63, 3.8) is 0 Å². The summed E-state index contributed by atoms with van der Waals surface area (Å²) in [4.78, 5) is 4.47. The highest BCUT2D eigenvalue weighted by molar-refractivity contribution is 8.13. The topological polar surface area (TPSA) is 56.8 Å². The fourth-order valence-electron chi connectivity index (χ4n) is 1.74. The van der Waals surface area contributed by atoms with Crippen LogP contribution < -0.4 is 10.5 Å². The van der Waals surface area contributed by atoms with Crippen LogP contribution in [-0.4, -0.2) is 24.8 Å². The first-order chi connectivity index (χ1) is 9.43. The number of hydrogen-bond donors (Lipinski definition) is 1. The second kappa shape index (κ2) is 8.17. The highest BCUT2D eigenvalue weighted by atomic mass is 32.2. The van der Waals surface area contributed by atoms with Gasteiger partial charge in [-0.15, -0.1) is 0 Å². The molecule has 1 aromatic rings. The highest BCUT2D eigenvalue weighted by Crippen LogP contribution is 2.29. The first-order valence-electron chi connectivity index (χ1n) is 6.64. The van der Waals surface area contributed by atoms with Gasteiger partial charge >= 0.3 is 0 Å². The van der Waals surface area contributed by atoms with Crippen molar-refractivity contribution < 1.29 is 9.47 Å². The molecule has 0 bridgehead atoms. The number of rotatable bonds is 6. The zero-order chi connectivity index (χ0) is 15.1. The fraction of sp³-hybridized carbons (Fsp3) is 0.533. The van der Waals surface area contributed by atoms with Gasteiger partial charge < -0.3 is 15.2 Å². The Labute approximate surface area is 125 Å². The van der Waals surface area contributed by atoms with Crippen LogP contribution >= 0.6 is 11.8 Å². The molecular formula is C15H24N2O2S. The van der Waals surface area contributed by atoms with Crippen LogP contribution in [0.2, 0.25) is 0 Å². The predicted molar refractivity (Wildman–Crippen MR) is 87.0 cm³/mol. The van der Waals surface area contributed by atoms with Crippen LogP contribution in [0.5, 0.6) is 5.75 Å². The van der Waals surface area contributed by atoms with E-state index in [1.54, 1.807) is 7.11 Å². The van der Waals surface area contributed by atoms with Crippen molar-refractivity contribution in [1.82, 2.24) is 0 Å². The van der Waals surface area contributed by atoms with Gasteiger partial charge in [-0.3, -0.25) is 0 Å². The third kappa shape index (κ3) is 5.43. The van der Waals surface area contributed by atoms with Gasteiger partial charge in [0.2, 0.25) is 0 Å². The Hall–Kier alpha value is -1.20. The van der Waals surface area contributed by atoms with Gasteiger partial charge in [-0.2, -0.15) is 0 Å². The largest absolute Gasteiger partial charge is 0.497 e. The van der Waals surface area contributed by atoms with Gasteiger partial charge in [0, 0.05) is 0 Å². The molecule has 0 aliphatic heterocycles. The molecule has 112 valence electrons. The van der Waals surface area contributed by atoms with Gasteiger partial charge in [0.1, 0.15) is 5.75 Å². The molecule has 0 aliphatic carbocycles. The predicted octanol–water partition coefficient (Wildman–Crippen LogP) is 3.62. The Morgan fingerprint density at radius 1 is 1.30 bits per heavy atom. The molecule has 0 radical (unpaired) electrons. The summed E-state index contributed by atoms with van der Waals surface area (Å²) in [5, 5.41) is 0.519. The Kier molecular flexibility index (Phi) is 6.88. The molecule has 0 heterocycles. The molecule has 20 heavy (non-hydrogen) atoms. The van der Waals surface area contributed by atoms with Crippen LogP contribution in [0.25, 0.3) is 0 Å². The van der Waals surface area contributed by atoms with Crippen molar-refractivity contribution >= 4 is 22.6 Å². The van der Waals surface area contributed by atoms with E-state index in [1.807, 2.05) is 26.0 Å². The van der Waals surface area contributed by atoms with Crippen LogP contribution in [0.15, 0.2) is 17.1 Å². The minimum atomic E-state index is 0.519. The third-order valence-electron chi connectivity index (χ3n) is 2.66. The molecule has 0 spiro atoms. The smallest absolute Gasteiger partial charge is 0.161 e. The van der Waals surface area contributed by atoms with Crippen molar-refractivity contribution in [2.75, 3.05) is 19.7 Å². The Morgan fingerprint density at radius 3 is 2.40 bits per heavy atom. The lowest BCUT2D eigenvalue weighted by Crippen LogP contribution is -2.09. The maximum absolute atomic E-state index is 5.93. The molecule has 0 aromatic heterocycles. The SMILES string of the molecule is COc1cc(C)c(N=C(N)SCOCC(C)C)c(C)c1. The molecule has 0 aliphatic rings. The summed E-state index contributed by atoms with van der Waals surface area (Å²) in [6.07, 6.45) is 0. The zero-order valence-corrected chi connectivity index (χ0v) is 13.7. The molecule has 0 saturated heterocycles. The molecule has 2 N–H and O–H groups in total. The fourth-order valence-corrected chi connectivity index (χ4v) is 2.19. The van der Waals surface area contributed by atoms with Gasteiger partial charge in [0.25, 0.3) is 0 Å². The van der Waals surface area contributed by atoms with E-state index in [-0.39, 0.29) is 0 Å². The van der Waals surface area contributed by atoms with Crippen LogP contribution in [0.4, 0.5) is 5.69 Å². The number of benzene rings is 1. The maximum Gasteiger partial charge on any atom is 0.161 e. The average molecular weight is 296 g/mol. The summed E-state index contributed by atoms with van der Waals surface area (Å²) in [5.41, 5.74) is 8.93. The minimum Gasteiger partial charge on any atom is -0.497 e. The summed E-state index contributed by atoms with van der Waals surface area (Å²) < 4.78 is 10.7. The van der Waals surface area contributed by atoms with Crippen LogP contribution in [0.3, 0.4) is 0 Å². The lowest BCUT2D eigenvalue weighted by atomic mass is 10.1. The Bertz CT molecular complexity index is 450. The van der Waals surface area contributed by atoms with Crippen molar-refractivity contribution in [2.24, 2.45) is 16.6 Å². The second-order valence-corrected chi connectivity index (χ2v) is 6.03. The number of nitrogens with two attached hydrogens (primary N) is 1. The van der Waals surface area contributed by atoms with Crippen LogP contribution in [0.1, 0.15) is 25.0 Å². The van der Waals surface area contributed by atoms with E-state index in [2.05, 4.69) is 18.8 Å². The van der Waals surface area contributed by atoms with Gasteiger partial charge in [-0.05, 0) is 43.0 Å². The van der Waals surface area contributed by atoms with E-state index >= 15 is 0 Å². The van der Waals surface area contributed by atoms with E-state index in [0.717, 1.165) is 29.2 Å². The molecular weight excluding hydrogens is 272 g/mol. The highest BCUT2D eigenvalue weighted by Gasteiger charge is 2.06. The van der Waals surface area contributed by atoms with Crippen molar-refractivity contribution in [3.8, 4) is 5.75 Å². The van der Waals surface area contributed by atoms with E-state index in [0.29, 0.717) is 17.0 Å². The minimum absolute atomic E-state index is 0.519. The van der Waals surface area contributed by atoms with Gasteiger partial charge in [-0.25, -0.2) is 4.99 Å². The van der Waals surface area contributed by atoms with E-state index in [1.165, 1.54) is 11.8 Å². The van der Waals surface area contributed by atoms with Crippen molar-refractivity contribution in [2.45, 2.75) is 27.7 Å². The van der Waals surface area contributed by atoms with E-state index in [9.17, 15) is 0 Å². The standard InChI is InChI=1S/C15H24N2O2S/c1-10(2)8-19-9-20-15(16)17-14-11(3)6-13(18-5)7-12(14)4/h6-7,10H,8-9H2,1-5H3,(H2,16,17). The van der Waals surface area contributed by atoms with Crippen molar-refractivity contribution in [3.05, 3.63) is 23.3 Å². The number of nitrogens with zero attached hydrogens (tertiary/aromatic N) is 1. The van der Waals surface area contributed by atoms with E-state index in [4.69, 9.17) is 15.2 Å². The van der Waals surface area contributed by atoms with Gasteiger partial charge in [-0.1, -0.05) is 25.6 Å². The summed E-state index contributed by atoms with van der Waals surface area (Å²) in [6, 6.07) is 3.91.